The van der Waals surface area contributed by atoms with Gasteiger partial charge in [-0.15, -0.1) is 0 Å². The first kappa shape index (κ1) is 16.3. The molecule has 1 aliphatic rings. The molecule has 0 fully saturated rings. The van der Waals surface area contributed by atoms with Crippen molar-refractivity contribution in [3.8, 4) is 0 Å². The van der Waals surface area contributed by atoms with Crippen LogP contribution < -0.4 is 5.32 Å². The van der Waals surface area contributed by atoms with Crippen LogP contribution in [0.4, 0.5) is 5.69 Å². The van der Waals surface area contributed by atoms with Gasteiger partial charge in [0.05, 0.1) is 15.7 Å². The van der Waals surface area contributed by atoms with Crippen LogP contribution in [0.1, 0.15) is 26.7 Å². The maximum absolute atomic E-state index is 12.1. The van der Waals surface area contributed by atoms with Crippen LogP contribution in [0.2, 0.25) is 10.0 Å². The normalized spacial score (nSPS) is 15.2. The summed E-state index contributed by atoms with van der Waals surface area (Å²) < 4.78 is 0. The number of carbonyl (C=O) groups excluding carboxylic acids is 1. The average molecular weight is 327 g/mol. The Labute approximate surface area is 135 Å². The summed E-state index contributed by atoms with van der Waals surface area (Å²) in [4.78, 5) is 14.3. The lowest BCUT2D eigenvalue weighted by Gasteiger charge is -2.20. The molecule has 0 saturated carbocycles. The van der Waals surface area contributed by atoms with Crippen molar-refractivity contribution in [1.29, 1.82) is 0 Å². The van der Waals surface area contributed by atoms with E-state index in [1.165, 1.54) is 0 Å². The third kappa shape index (κ3) is 3.79. The molecular formula is C16H20Cl2N2O. The van der Waals surface area contributed by atoms with E-state index in [1.807, 2.05) is 12.1 Å². The fourth-order valence-corrected chi connectivity index (χ4v) is 2.81. The Hall–Kier alpha value is -1.03. The number of allylic oxidation sites excluding steroid dienone is 1. The molecule has 1 aromatic carbocycles. The van der Waals surface area contributed by atoms with Crippen LogP contribution in [0.15, 0.2) is 29.5 Å². The molecule has 0 amide bonds. The zero-order valence-electron chi connectivity index (χ0n) is 12.4. The molecule has 0 saturated heterocycles. The van der Waals surface area contributed by atoms with Gasteiger partial charge in [0.2, 0.25) is 0 Å². The van der Waals surface area contributed by atoms with Crippen molar-refractivity contribution in [2.75, 3.05) is 25.0 Å². The maximum atomic E-state index is 12.1. The Kier molecular flexibility index (Phi) is 5.68. The predicted octanol–water partition coefficient (Wildman–Crippen LogP) is 4.36. The molecule has 21 heavy (non-hydrogen) atoms. The number of nitrogens with zero attached hydrogens (tertiary/aromatic N) is 1. The first-order chi connectivity index (χ1) is 10.1. The quantitative estimate of drug-likeness (QED) is 0.842. The lowest BCUT2D eigenvalue weighted by molar-refractivity contribution is -0.115. The zero-order valence-corrected chi connectivity index (χ0v) is 13.9. The van der Waals surface area contributed by atoms with Gasteiger partial charge in [0.1, 0.15) is 0 Å². The summed E-state index contributed by atoms with van der Waals surface area (Å²) in [6.45, 7) is 6.75. The summed E-state index contributed by atoms with van der Waals surface area (Å²) in [5.41, 5.74) is 2.59. The van der Waals surface area contributed by atoms with Gasteiger partial charge in [-0.05, 0) is 31.6 Å². The number of ketones is 1. The van der Waals surface area contributed by atoms with E-state index in [2.05, 4.69) is 24.1 Å². The van der Waals surface area contributed by atoms with E-state index in [9.17, 15) is 4.79 Å². The largest absolute Gasteiger partial charge is 0.357 e. The Balaban J connectivity index is 2.24. The van der Waals surface area contributed by atoms with Crippen molar-refractivity contribution in [3.63, 3.8) is 0 Å². The molecule has 1 N–H and O–H groups in total. The van der Waals surface area contributed by atoms with Gasteiger partial charge in [0, 0.05) is 24.2 Å². The van der Waals surface area contributed by atoms with Gasteiger partial charge in [-0.1, -0.05) is 43.1 Å². The lowest BCUT2D eigenvalue weighted by atomic mass is 10.2. The molecule has 0 spiro atoms. The van der Waals surface area contributed by atoms with Gasteiger partial charge < -0.3 is 5.32 Å². The molecule has 3 nitrogen and oxygen atoms in total. The van der Waals surface area contributed by atoms with Crippen molar-refractivity contribution < 1.29 is 4.79 Å². The Bertz CT molecular complexity index is 565. The first-order valence-corrected chi connectivity index (χ1v) is 8.01. The molecular weight excluding hydrogens is 307 g/mol. The standard InChI is InChI=1S/C16H20Cl2N2O/c1-3-20(4-2)10-11-13(8-9-15(11)21)19-14-7-5-6-12(17)16(14)18/h5-7,19H,3-4,8-10H2,1-2H3. The first-order valence-electron chi connectivity index (χ1n) is 7.25. The minimum Gasteiger partial charge on any atom is -0.357 e. The second-order valence-electron chi connectivity index (χ2n) is 5.07. The summed E-state index contributed by atoms with van der Waals surface area (Å²) in [7, 11) is 0. The number of nitrogens with one attached hydrogen (secondary N) is 1. The molecule has 1 aliphatic carbocycles. The van der Waals surface area contributed by atoms with E-state index in [-0.39, 0.29) is 5.78 Å². The number of hydrogen-bond donors (Lipinski definition) is 1. The van der Waals surface area contributed by atoms with E-state index in [1.54, 1.807) is 6.07 Å². The van der Waals surface area contributed by atoms with Gasteiger partial charge in [-0.2, -0.15) is 0 Å². The van der Waals surface area contributed by atoms with Crippen molar-refractivity contribution in [2.45, 2.75) is 26.7 Å². The number of likely N-dealkylation sites (N-methyl/N-ethyl adjacent to an activating group) is 1. The molecule has 0 bridgehead atoms. The second kappa shape index (κ2) is 7.30. The van der Waals surface area contributed by atoms with E-state index < -0.39 is 0 Å². The highest BCUT2D eigenvalue weighted by atomic mass is 35.5. The van der Waals surface area contributed by atoms with Crippen LogP contribution in [0.5, 0.6) is 0 Å². The number of rotatable bonds is 6. The molecule has 0 heterocycles. The number of Topliss-reactive ketones (excluding diaryl/α,β-unsaturated/α-hetero) is 1. The predicted molar refractivity (Wildman–Crippen MR) is 89.1 cm³/mol. The minimum absolute atomic E-state index is 0.225. The zero-order chi connectivity index (χ0) is 15.4. The number of benzene rings is 1. The van der Waals surface area contributed by atoms with Crippen LogP contribution in [-0.2, 0) is 4.79 Å². The fraction of sp³-hybridized carbons (Fsp3) is 0.438. The molecule has 0 aliphatic heterocycles. The summed E-state index contributed by atoms with van der Waals surface area (Å²) in [5, 5.41) is 4.30. The Morgan fingerprint density at radius 2 is 1.90 bits per heavy atom. The number of hydrogen-bond acceptors (Lipinski definition) is 3. The summed E-state index contributed by atoms with van der Waals surface area (Å²) in [6, 6.07) is 5.47. The fourth-order valence-electron chi connectivity index (χ4n) is 2.46. The summed E-state index contributed by atoms with van der Waals surface area (Å²) in [5.74, 6) is 0.225. The SMILES string of the molecule is CCN(CC)CC1=C(Nc2cccc(Cl)c2Cl)CCC1=O. The topological polar surface area (TPSA) is 32.3 Å². The average Bonchev–Trinajstić information content (AvgIpc) is 2.82. The lowest BCUT2D eigenvalue weighted by Crippen LogP contribution is -2.27. The third-order valence-electron chi connectivity index (χ3n) is 3.82. The Morgan fingerprint density at radius 3 is 2.57 bits per heavy atom. The van der Waals surface area contributed by atoms with Gasteiger partial charge >= 0.3 is 0 Å². The minimum atomic E-state index is 0.225. The molecule has 0 unspecified atom stereocenters. The molecule has 2 rings (SSSR count). The van der Waals surface area contributed by atoms with Crippen LogP contribution in [0.3, 0.4) is 0 Å². The highest BCUT2D eigenvalue weighted by Crippen LogP contribution is 2.33. The van der Waals surface area contributed by atoms with Crippen LogP contribution in [-0.4, -0.2) is 30.3 Å². The molecule has 0 aromatic heterocycles. The highest BCUT2D eigenvalue weighted by molar-refractivity contribution is 6.43. The van der Waals surface area contributed by atoms with Crippen molar-refractivity contribution >= 4 is 34.7 Å². The van der Waals surface area contributed by atoms with Crippen LogP contribution in [0.25, 0.3) is 0 Å². The highest BCUT2D eigenvalue weighted by Gasteiger charge is 2.24. The third-order valence-corrected chi connectivity index (χ3v) is 4.64. The maximum Gasteiger partial charge on any atom is 0.162 e. The second-order valence-corrected chi connectivity index (χ2v) is 5.85. The van der Waals surface area contributed by atoms with Gasteiger partial charge in [0.25, 0.3) is 0 Å². The molecule has 0 radical (unpaired) electrons. The number of halogens is 2. The van der Waals surface area contributed by atoms with Crippen LogP contribution >= 0.6 is 23.2 Å². The van der Waals surface area contributed by atoms with Gasteiger partial charge in [0.15, 0.2) is 5.78 Å². The molecule has 114 valence electrons. The monoisotopic (exact) mass is 326 g/mol. The van der Waals surface area contributed by atoms with Crippen LogP contribution in [0, 0.1) is 0 Å². The van der Waals surface area contributed by atoms with E-state index in [0.29, 0.717) is 23.0 Å². The van der Waals surface area contributed by atoms with E-state index in [4.69, 9.17) is 23.2 Å². The van der Waals surface area contributed by atoms with Crippen molar-refractivity contribution in [2.24, 2.45) is 0 Å². The molecule has 5 heteroatoms. The molecule has 1 aromatic rings. The van der Waals surface area contributed by atoms with Crippen molar-refractivity contribution in [3.05, 3.63) is 39.5 Å². The van der Waals surface area contributed by atoms with E-state index in [0.717, 1.165) is 36.5 Å². The van der Waals surface area contributed by atoms with E-state index >= 15 is 0 Å². The molecule has 0 atom stereocenters. The summed E-state index contributed by atoms with van der Waals surface area (Å²) >= 11 is 12.2. The smallest absolute Gasteiger partial charge is 0.162 e. The Morgan fingerprint density at radius 1 is 1.19 bits per heavy atom. The van der Waals surface area contributed by atoms with Gasteiger partial charge in [-0.25, -0.2) is 0 Å². The van der Waals surface area contributed by atoms with Gasteiger partial charge in [-0.3, -0.25) is 9.69 Å². The summed E-state index contributed by atoms with van der Waals surface area (Å²) in [6.07, 6.45) is 1.30. The number of anilines is 1. The number of carbonyl (C=O) groups is 1. The van der Waals surface area contributed by atoms with Crippen molar-refractivity contribution in [1.82, 2.24) is 4.90 Å².